The lowest BCUT2D eigenvalue weighted by molar-refractivity contribution is -0.115. The van der Waals surface area contributed by atoms with Crippen molar-refractivity contribution in [3.8, 4) is 0 Å². The third-order valence-corrected chi connectivity index (χ3v) is 3.73. The van der Waals surface area contributed by atoms with E-state index in [2.05, 4.69) is 15.0 Å². The first kappa shape index (κ1) is 15.5. The van der Waals surface area contributed by atoms with Gasteiger partial charge in [-0.3, -0.25) is 4.79 Å². The van der Waals surface area contributed by atoms with Gasteiger partial charge in [-0.2, -0.15) is 0 Å². The average molecular weight is 325 g/mol. The highest BCUT2D eigenvalue weighted by Gasteiger charge is 2.15. The molecule has 0 aliphatic carbocycles. The Bertz CT molecular complexity index is 685. The Hall–Kier alpha value is -1.92. The van der Waals surface area contributed by atoms with Crippen molar-refractivity contribution in [2.24, 2.45) is 0 Å². The van der Waals surface area contributed by atoms with Crippen LogP contribution in [0.15, 0.2) is 23.6 Å². The summed E-state index contributed by atoms with van der Waals surface area (Å²) in [4.78, 5) is 27.9. The van der Waals surface area contributed by atoms with E-state index in [0.717, 1.165) is 5.01 Å². The first-order valence-corrected chi connectivity index (χ1v) is 7.34. The Morgan fingerprint density at radius 1 is 1.43 bits per heavy atom. The number of nitrogens with one attached hydrogen (secondary N) is 1. The van der Waals surface area contributed by atoms with Crippen molar-refractivity contribution in [3.05, 3.63) is 44.9 Å². The van der Waals surface area contributed by atoms with Crippen LogP contribution in [0.2, 0.25) is 5.02 Å². The van der Waals surface area contributed by atoms with Gasteiger partial charge in [0.15, 0.2) is 0 Å². The van der Waals surface area contributed by atoms with Crippen molar-refractivity contribution in [2.45, 2.75) is 13.3 Å². The molecule has 7 heteroatoms. The second-order valence-electron chi connectivity index (χ2n) is 4.26. The standard InChI is InChI=1S/C14H13ClN2O3S/c1-8-16-10(7-21-8)6-13(18)17-12-4-3-9(15)5-11(12)14(19)20-2/h3-5,7H,6H2,1-2H3,(H,17,18). The van der Waals surface area contributed by atoms with Crippen LogP contribution in [0.5, 0.6) is 0 Å². The highest BCUT2D eigenvalue weighted by molar-refractivity contribution is 7.09. The summed E-state index contributed by atoms with van der Waals surface area (Å²) < 4.78 is 4.68. The SMILES string of the molecule is COC(=O)c1cc(Cl)ccc1NC(=O)Cc1csc(C)n1. The maximum Gasteiger partial charge on any atom is 0.340 e. The van der Waals surface area contributed by atoms with Gasteiger partial charge in [0.25, 0.3) is 0 Å². The number of amides is 1. The number of benzene rings is 1. The van der Waals surface area contributed by atoms with Crippen LogP contribution in [0, 0.1) is 6.92 Å². The zero-order valence-electron chi connectivity index (χ0n) is 11.5. The molecule has 110 valence electrons. The summed E-state index contributed by atoms with van der Waals surface area (Å²) in [7, 11) is 1.27. The molecule has 1 aromatic carbocycles. The molecule has 0 radical (unpaired) electrons. The maximum absolute atomic E-state index is 12.0. The minimum absolute atomic E-state index is 0.146. The summed E-state index contributed by atoms with van der Waals surface area (Å²) in [6.07, 6.45) is 0.146. The number of aromatic nitrogens is 1. The molecule has 2 aromatic rings. The van der Waals surface area contributed by atoms with E-state index in [0.29, 0.717) is 16.4 Å². The van der Waals surface area contributed by atoms with Gasteiger partial charge in [0.05, 0.1) is 35.5 Å². The summed E-state index contributed by atoms with van der Waals surface area (Å²) in [6.45, 7) is 1.88. The summed E-state index contributed by atoms with van der Waals surface area (Å²) >= 11 is 7.34. The average Bonchev–Trinajstić information content (AvgIpc) is 2.85. The lowest BCUT2D eigenvalue weighted by atomic mass is 10.1. The summed E-state index contributed by atoms with van der Waals surface area (Å²) in [5.41, 5.74) is 1.28. The Morgan fingerprint density at radius 2 is 2.19 bits per heavy atom. The number of thiazole rings is 1. The number of hydrogen-bond acceptors (Lipinski definition) is 5. The molecule has 0 spiro atoms. The number of aryl methyl sites for hydroxylation is 1. The van der Waals surface area contributed by atoms with Crippen LogP contribution in [0.1, 0.15) is 21.1 Å². The zero-order valence-corrected chi connectivity index (χ0v) is 13.0. The van der Waals surface area contributed by atoms with Crippen molar-refractivity contribution in [2.75, 3.05) is 12.4 Å². The largest absolute Gasteiger partial charge is 0.465 e. The monoisotopic (exact) mass is 324 g/mol. The Balaban J connectivity index is 2.15. The molecule has 0 saturated carbocycles. The van der Waals surface area contributed by atoms with Gasteiger partial charge in [0.1, 0.15) is 0 Å². The van der Waals surface area contributed by atoms with E-state index < -0.39 is 5.97 Å². The molecule has 1 N–H and O–H groups in total. The minimum atomic E-state index is -0.558. The normalized spacial score (nSPS) is 10.2. The number of nitrogens with zero attached hydrogens (tertiary/aromatic N) is 1. The third-order valence-electron chi connectivity index (χ3n) is 2.67. The van der Waals surface area contributed by atoms with E-state index in [1.807, 2.05) is 12.3 Å². The summed E-state index contributed by atoms with van der Waals surface area (Å²) in [5.74, 6) is -0.815. The van der Waals surface area contributed by atoms with Crippen LogP contribution in [0.4, 0.5) is 5.69 Å². The number of ether oxygens (including phenoxy) is 1. The quantitative estimate of drug-likeness (QED) is 0.878. The van der Waals surface area contributed by atoms with Gasteiger partial charge in [0.2, 0.25) is 5.91 Å². The predicted octanol–water partition coefficient (Wildman–Crippen LogP) is 3.07. The van der Waals surface area contributed by atoms with Crippen molar-refractivity contribution >= 4 is 40.5 Å². The van der Waals surface area contributed by atoms with Crippen molar-refractivity contribution in [1.82, 2.24) is 4.98 Å². The second-order valence-corrected chi connectivity index (χ2v) is 5.76. The second kappa shape index (κ2) is 6.69. The number of methoxy groups -OCH3 is 1. The third kappa shape index (κ3) is 4.03. The number of esters is 1. The molecule has 0 aliphatic rings. The van der Waals surface area contributed by atoms with Gasteiger partial charge in [-0.15, -0.1) is 11.3 Å². The molecule has 1 heterocycles. The number of carbonyl (C=O) groups is 2. The fraction of sp³-hybridized carbons (Fsp3) is 0.214. The predicted molar refractivity (Wildman–Crippen MR) is 82.0 cm³/mol. The van der Waals surface area contributed by atoms with Crippen molar-refractivity contribution in [3.63, 3.8) is 0 Å². The van der Waals surface area contributed by atoms with Gasteiger partial charge >= 0.3 is 5.97 Å². The lowest BCUT2D eigenvalue weighted by Gasteiger charge is -2.09. The van der Waals surface area contributed by atoms with E-state index in [4.69, 9.17) is 11.6 Å². The molecule has 0 aliphatic heterocycles. The molecule has 0 saturated heterocycles. The number of rotatable bonds is 4. The molecule has 0 fully saturated rings. The van der Waals surface area contributed by atoms with E-state index in [-0.39, 0.29) is 17.9 Å². The van der Waals surface area contributed by atoms with Crippen LogP contribution in [0.3, 0.4) is 0 Å². The number of anilines is 1. The molecule has 5 nitrogen and oxygen atoms in total. The van der Waals surface area contributed by atoms with E-state index in [9.17, 15) is 9.59 Å². The molecule has 21 heavy (non-hydrogen) atoms. The fourth-order valence-electron chi connectivity index (χ4n) is 1.75. The molecular formula is C14H13ClN2O3S. The van der Waals surface area contributed by atoms with Crippen LogP contribution in [-0.4, -0.2) is 24.0 Å². The highest BCUT2D eigenvalue weighted by Crippen LogP contribution is 2.22. The van der Waals surface area contributed by atoms with Gasteiger partial charge in [-0.05, 0) is 25.1 Å². The van der Waals surface area contributed by atoms with Crippen molar-refractivity contribution in [1.29, 1.82) is 0 Å². The molecular weight excluding hydrogens is 312 g/mol. The van der Waals surface area contributed by atoms with E-state index in [1.54, 1.807) is 12.1 Å². The Labute approximate surface area is 130 Å². The van der Waals surface area contributed by atoms with Gasteiger partial charge in [-0.1, -0.05) is 11.6 Å². The van der Waals surface area contributed by atoms with Crippen LogP contribution >= 0.6 is 22.9 Å². The Kier molecular flexibility index (Phi) is 4.93. The Morgan fingerprint density at radius 3 is 2.81 bits per heavy atom. The summed E-state index contributed by atoms with van der Waals surface area (Å²) in [6, 6.07) is 4.62. The first-order valence-electron chi connectivity index (χ1n) is 6.08. The van der Waals surface area contributed by atoms with Gasteiger partial charge in [-0.25, -0.2) is 9.78 Å². The van der Waals surface area contributed by atoms with Crippen LogP contribution < -0.4 is 5.32 Å². The molecule has 0 atom stereocenters. The molecule has 1 aromatic heterocycles. The van der Waals surface area contributed by atoms with Crippen LogP contribution in [0.25, 0.3) is 0 Å². The lowest BCUT2D eigenvalue weighted by Crippen LogP contribution is -2.17. The van der Waals surface area contributed by atoms with Crippen molar-refractivity contribution < 1.29 is 14.3 Å². The number of halogens is 1. The van der Waals surface area contributed by atoms with Gasteiger partial charge < -0.3 is 10.1 Å². The van der Waals surface area contributed by atoms with Gasteiger partial charge in [0, 0.05) is 10.4 Å². The molecule has 1 amide bonds. The van der Waals surface area contributed by atoms with E-state index >= 15 is 0 Å². The minimum Gasteiger partial charge on any atom is -0.465 e. The molecule has 2 rings (SSSR count). The molecule has 0 unspecified atom stereocenters. The molecule has 0 bridgehead atoms. The first-order chi connectivity index (χ1) is 9.99. The smallest absolute Gasteiger partial charge is 0.340 e. The number of carbonyl (C=O) groups excluding carboxylic acids is 2. The van der Waals surface area contributed by atoms with E-state index in [1.165, 1.54) is 24.5 Å². The maximum atomic E-state index is 12.0. The number of hydrogen-bond donors (Lipinski definition) is 1. The highest BCUT2D eigenvalue weighted by atomic mass is 35.5. The fourth-order valence-corrected chi connectivity index (χ4v) is 2.54. The van der Waals surface area contributed by atoms with Crippen LogP contribution in [-0.2, 0) is 16.0 Å². The zero-order chi connectivity index (χ0) is 15.4. The topological polar surface area (TPSA) is 68.3 Å². The summed E-state index contributed by atoms with van der Waals surface area (Å²) in [5, 5.41) is 5.80.